The second-order valence-electron chi connectivity index (χ2n) is 6.67. The van der Waals surface area contributed by atoms with Crippen LogP contribution in [0.25, 0.3) is 0 Å². The molecule has 3 heterocycles. The number of piperidine rings is 1. The van der Waals surface area contributed by atoms with Gasteiger partial charge in [0.1, 0.15) is 4.21 Å². The molecule has 1 amide bonds. The molecule has 24 heavy (non-hydrogen) atoms. The molecule has 1 aromatic rings. The number of sulfonamides is 1. The molecule has 0 aliphatic carbocycles. The van der Waals surface area contributed by atoms with Crippen molar-refractivity contribution in [2.75, 3.05) is 46.3 Å². The first-order valence-corrected chi connectivity index (χ1v) is 10.7. The van der Waals surface area contributed by atoms with E-state index in [0.29, 0.717) is 30.1 Å². The van der Waals surface area contributed by atoms with Crippen molar-refractivity contribution >= 4 is 27.3 Å². The van der Waals surface area contributed by atoms with Crippen LogP contribution in [0.1, 0.15) is 17.7 Å². The average molecular weight is 372 g/mol. The molecule has 3 rings (SSSR count). The smallest absolute Gasteiger partial charge is 0.252 e. The minimum Gasteiger partial charge on any atom is -0.340 e. The molecule has 0 aromatic carbocycles. The number of carbonyl (C=O) groups excluding carboxylic acids is 1. The number of likely N-dealkylation sites (N-methyl/N-ethyl adjacent to an activating group) is 1. The minimum absolute atomic E-state index is 0.0371. The van der Waals surface area contributed by atoms with Gasteiger partial charge < -0.3 is 9.80 Å². The summed E-state index contributed by atoms with van der Waals surface area (Å²) < 4.78 is 27.2. The monoisotopic (exact) mass is 371 g/mol. The van der Waals surface area contributed by atoms with Crippen LogP contribution in [0.5, 0.6) is 0 Å². The van der Waals surface area contributed by atoms with E-state index in [1.807, 2.05) is 17.9 Å². The Balaban J connectivity index is 1.58. The van der Waals surface area contributed by atoms with Gasteiger partial charge in [0.15, 0.2) is 0 Å². The summed E-state index contributed by atoms with van der Waals surface area (Å²) in [6.07, 6.45) is 1.24. The third-order valence-electron chi connectivity index (χ3n) is 4.93. The van der Waals surface area contributed by atoms with Crippen molar-refractivity contribution < 1.29 is 13.2 Å². The highest BCUT2D eigenvalue weighted by Crippen LogP contribution is 2.28. The summed E-state index contributed by atoms with van der Waals surface area (Å²) in [7, 11) is -1.34. The van der Waals surface area contributed by atoms with Gasteiger partial charge in [-0.05, 0) is 38.9 Å². The summed E-state index contributed by atoms with van der Waals surface area (Å²) in [6.45, 7) is 6.16. The summed E-state index contributed by atoms with van der Waals surface area (Å²) in [5.41, 5.74) is 0. The second-order valence-corrected chi connectivity index (χ2v) is 10.1. The van der Waals surface area contributed by atoms with E-state index in [1.54, 1.807) is 6.07 Å². The zero-order valence-electron chi connectivity index (χ0n) is 14.3. The molecule has 0 spiro atoms. The highest BCUT2D eigenvalue weighted by Gasteiger charge is 2.34. The fourth-order valence-corrected chi connectivity index (χ4v) is 6.21. The molecule has 2 fully saturated rings. The Morgan fingerprint density at radius 2 is 1.71 bits per heavy atom. The second kappa shape index (κ2) is 7.11. The van der Waals surface area contributed by atoms with Gasteiger partial charge in [0.25, 0.3) is 10.0 Å². The number of aryl methyl sites for hydroxylation is 1. The molecule has 1 aromatic heterocycles. The lowest BCUT2D eigenvalue weighted by atomic mass is 9.96. The zero-order valence-corrected chi connectivity index (χ0v) is 15.9. The van der Waals surface area contributed by atoms with Gasteiger partial charge in [-0.2, -0.15) is 4.31 Å². The summed E-state index contributed by atoms with van der Waals surface area (Å²) in [6, 6.07) is 3.51. The topological polar surface area (TPSA) is 60.9 Å². The zero-order chi connectivity index (χ0) is 17.3. The van der Waals surface area contributed by atoms with E-state index in [9.17, 15) is 13.2 Å². The molecule has 8 heteroatoms. The summed E-state index contributed by atoms with van der Waals surface area (Å²) >= 11 is 1.31. The van der Waals surface area contributed by atoms with Gasteiger partial charge in [-0.3, -0.25) is 4.79 Å². The van der Waals surface area contributed by atoms with Gasteiger partial charge >= 0.3 is 0 Å². The van der Waals surface area contributed by atoms with E-state index in [-0.39, 0.29) is 11.8 Å². The van der Waals surface area contributed by atoms with Gasteiger partial charge in [0.05, 0.1) is 0 Å². The van der Waals surface area contributed by atoms with E-state index < -0.39 is 10.0 Å². The number of hydrogen-bond acceptors (Lipinski definition) is 5. The number of carbonyl (C=O) groups is 1. The lowest BCUT2D eigenvalue weighted by Crippen LogP contribution is -2.50. The molecule has 2 aliphatic rings. The number of piperazine rings is 1. The van der Waals surface area contributed by atoms with Crippen LogP contribution in [-0.4, -0.2) is 74.7 Å². The Kier molecular flexibility index (Phi) is 5.29. The quantitative estimate of drug-likeness (QED) is 0.802. The Bertz CT molecular complexity index is 685. The standard InChI is InChI=1S/C16H25N3O3S2/c1-13-3-4-15(23-13)24(21,22)19-7-5-14(6-8-19)16(20)18-11-9-17(2)10-12-18/h3-4,14H,5-12H2,1-2H3. The van der Waals surface area contributed by atoms with Crippen LogP contribution in [-0.2, 0) is 14.8 Å². The Labute approximate surface area is 148 Å². The van der Waals surface area contributed by atoms with E-state index in [4.69, 9.17) is 0 Å². The normalized spacial score (nSPS) is 22.0. The lowest BCUT2D eigenvalue weighted by molar-refractivity contribution is -0.138. The van der Waals surface area contributed by atoms with Crippen molar-refractivity contribution in [3.05, 3.63) is 17.0 Å². The van der Waals surface area contributed by atoms with Crippen LogP contribution in [0.3, 0.4) is 0 Å². The SMILES string of the molecule is Cc1ccc(S(=O)(=O)N2CCC(C(=O)N3CCN(C)CC3)CC2)s1. The maximum absolute atomic E-state index is 12.7. The fourth-order valence-electron chi connectivity index (χ4n) is 3.31. The Morgan fingerprint density at radius 1 is 1.08 bits per heavy atom. The van der Waals surface area contributed by atoms with Crippen molar-refractivity contribution in [2.24, 2.45) is 5.92 Å². The molecule has 0 N–H and O–H groups in total. The molecule has 0 unspecified atom stereocenters. The first-order valence-electron chi connectivity index (χ1n) is 8.42. The molecule has 0 bridgehead atoms. The predicted molar refractivity (Wildman–Crippen MR) is 94.6 cm³/mol. The number of nitrogens with zero attached hydrogens (tertiary/aromatic N) is 3. The molecule has 0 radical (unpaired) electrons. The first kappa shape index (κ1) is 17.8. The highest BCUT2D eigenvalue weighted by molar-refractivity contribution is 7.91. The van der Waals surface area contributed by atoms with E-state index in [0.717, 1.165) is 31.1 Å². The maximum Gasteiger partial charge on any atom is 0.252 e. The summed E-state index contributed by atoms with van der Waals surface area (Å²) in [5.74, 6) is 0.164. The molecule has 2 saturated heterocycles. The van der Waals surface area contributed by atoms with E-state index in [2.05, 4.69) is 11.9 Å². The largest absolute Gasteiger partial charge is 0.340 e. The third kappa shape index (κ3) is 3.66. The van der Waals surface area contributed by atoms with Gasteiger partial charge in [-0.15, -0.1) is 11.3 Å². The Hall–Kier alpha value is -0.960. The van der Waals surface area contributed by atoms with Gasteiger partial charge in [-0.1, -0.05) is 0 Å². The molecule has 2 aliphatic heterocycles. The van der Waals surface area contributed by atoms with Crippen LogP contribution in [0.15, 0.2) is 16.3 Å². The lowest BCUT2D eigenvalue weighted by Gasteiger charge is -2.37. The summed E-state index contributed by atoms with van der Waals surface area (Å²) in [4.78, 5) is 17.8. The van der Waals surface area contributed by atoms with Crippen molar-refractivity contribution in [1.82, 2.24) is 14.1 Å². The van der Waals surface area contributed by atoms with Crippen molar-refractivity contribution in [3.63, 3.8) is 0 Å². The number of thiophene rings is 1. The number of amides is 1. The van der Waals surface area contributed by atoms with Gasteiger partial charge in [0, 0.05) is 50.1 Å². The van der Waals surface area contributed by atoms with Crippen molar-refractivity contribution in [2.45, 2.75) is 24.0 Å². The molecule has 0 saturated carbocycles. The van der Waals surface area contributed by atoms with Crippen LogP contribution < -0.4 is 0 Å². The van der Waals surface area contributed by atoms with Gasteiger partial charge in [0.2, 0.25) is 5.91 Å². The molecule has 134 valence electrons. The highest BCUT2D eigenvalue weighted by atomic mass is 32.2. The fraction of sp³-hybridized carbons (Fsp3) is 0.688. The average Bonchev–Trinajstić information content (AvgIpc) is 3.02. The first-order chi connectivity index (χ1) is 11.4. The maximum atomic E-state index is 12.7. The summed E-state index contributed by atoms with van der Waals surface area (Å²) in [5, 5.41) is 0. The number of rotatable bonds is 3. The van der Waals surface area contributed by atoms with Crippen LogP contribution in [0, 0.1) is 12.8 Å². The molecular weight excluding hydrogens is 346 g/mol. The van der Waals surface area contributed by atoms with Gasteiger partial charge in [-0.25, -0.2) is 8.42 Å². The van der Waals surface area contributed by atoms with E-state index in [1.165, 1.54) is 15.6 Å². The van der Waals surface area contributed by atoms with Crippen LogP contribution in [0.4, 0.5) is 0 Å². The third-order valence-corrected chi connectivity index (χ3v) is 8.29. The van der Waals surface area contributed by atoms with Crippen molar-refractivity contribution in [3.8, 4) is 0 Å². The van der Waals surface area contributed by atoms with Crippen molar-refractivity contribution in [1.29, 1.82) is 0 Å². The Morgan fingerprint density at radius 3 is 2.25 bits per heavy atom. The minimum atomic E-state index is -3.40. The molecule has 0 atom stereocenters. The molecule has 6 nitrogen and oxygen atoms in total. The number of hydrogen-bond donors (Lipinski definition) is 0. The molecular formula is C16H25N3O3S2. The van der Waals surface area contributed by atoms with Crippen LogP contribution in [0.2, 0.25) is 0 Å². The van der Waals surface area contributed by atoms with Crippen LogP contribution >= 0.6 is 11.3 Å². The van der Waals surface area contributed by atoms with E-state index >= 15 is 0 Å². The predicted octanol–water partition coefficient (Wildman–Crippen LogP) is 1.23.